The summed E-state index contributed by atoms with van der Waals surface area (Å²) >= 11 is 0. The fourth-order valence-electron chi connectivity index (χ4n) is 3.69. The number of carbonyl (C=O) groups excluding carboxylic acids is 2. The van der Waals surface area contributed by atoms with E-state index in [9.17, 15) is 18.8 Å². The monoisotopic (exact) mass is 443 g/mol. The Labute approximate surface area is 189 Å². The zero-order valence-corrected chi connectivity index (χ0v) is 18.3. The van der Waals surface area contributed by atoms with Crippen molar-refractivity contribution in [3.63, 3.8) is 0 Å². The second kappa shape index (κ2) is 9.16. The van der Waals surface area contributed by atoms with Gasteiger partial charge in [0.05, 0.1) is 10.9 Å². The Morgan fingerprint density at radius 2 is 1.76 bits per heavy atom. The maximum atomic E-state index is 13.3. The third kappa shape index (κ3) is 4.57. The van der Waals surface area contributed by atoms with Crippen LogP contribution in [-0.2, 0) is 17.8 Å². The Bertz CT molecular complexity index is 1430. The predicted molar refractivity (Wildman–Crippen MR) is 125 cm³/mol. The number of fused-ring (bicyclic) bond motifs is 1. The molecule has 2 heterocycles. The molecule has 0 spiro atoms. The molecular weight excluding hydrogens is 421 g/mol. The molecule has 1 amide bonds. The molecule has 0 aliphatic carbocycles. The molecule has 0 saturated heterocycles. The normalized spacial score (nSPS) is 10.9. The van der Waals surface area contributed by atoms with E-state index >= 15 is 0 Å². The summed E-state index contributed by atoms with van der Waals surface area (Å²) in [5.41, 5.74) is 2.28. The number of benzene rings is 2. The van der Waals surface area contributed by atoms with Crippen LogP contribution in [0.3, 0.4) is 0 Å². The van der Waals surface area contributed by atoms with Gasteiger partial charge in [-0.05, 0) is 61.4 Å². The summed E-state index contributed by atoms with van der Waals surface area (Å²) in [6, 6.07) is 15.8. The third-order valence-electron chi connectivity index (χ3n) is 5.40. The quantitative estimate of drug-likeness (QED) is 0.451. The number of nitrogens with zero attached hydrogens (tertiary/aromatic N) is 2. The van der Waals surface area contributed by atoms with E-state index in [0.29, 0.717) is 17.0 Å². The molecule has 1 N–H and O–H groups in total. The van der Waals surface area contributed by atoms with Gasteiger partial charge in [0.2, 0.25) is 11.3 Å². The third-order valence-corrected chi connectivity index (χ3v) is 5.40. The van der Waals surface area contributed by atoms with Gasteiger partial charge in [0.1, 0.15) is 18.0 Å². The Balaban J connectivity index is 1.76. The number of anilines is 1. The van der Waals surface area contributed by atoms with E-state index in [0.717, 1.165) is 24.1 Å². The molecule has 0 bridgehead atoms. The van der Waals surface area contributed by atoms with Crippen LogP contribution in [0.1, 0.15) is 34.1 Å². The SMILES string of the molecule is CCc1ccccc1NC(=O)Cn1cc(C(=O)c2ccc(F)cc2)c(=O)c2ccc(C)nc21. The molecule has 4 aromatic rings. The zero-order chi connectivity index (χ0) is 23.5. The lowest BCUT2D eigenvalue weighted by Gasteiger charge is -2.14. The fraction of sp³-hybridized carbons (Fsp3) is 0.154. The highest BCUT2D eigenvalue weighted by molar-refractivity contribution is 6.10. The summed E-state index contributed by atoms with van der Waals surface area (Å²) in [6.07, 6.45) is 2.11. The van der Waals surface area contributed by atoms with Gasteiger partial charge in [0, 0.05) is 23.1 Å². The van der Waals surface area contributed by atoms with Gasteiger partial charge >= 0.3 is 0 Å². The molecule has 0 unspecified atom stereocenters. The van der Waals surface area contributed by atoms with E-state index in [1.54, 1.807) is 19.1 Å². The molecule has 0 fully saturated rings. The second-order valence-corrected chi connectivity index (χ2v) is 7.72. The minimum absolute atomic E-state index is 0.110. The van der Waals surface area contributed by atoms with Crippen molar-refractivity contribution in [3.8, 4) is 0 Å². The van der Waals surface area contributed by atoms with Crippen LogP contribution in [0, 0.1) is 12.7 Å². The zero-order valence-electron chi connectivity index (χ0n) is 18.3. The van der Waals surface area contributed by atoms with Crippen molar-refractivity contribution in [2.45, 2.75) is 26.8 Å². The second-order valence-electron chi connectivity index (χ2n) is 7.72. The molecule has 2 aromatic carbocycles. The predicted octanol–water partition coefficient (Wildman–Crippen LogP) is 4.28. The largest absolute Gasteiger partial charge is 0.324 e. The first-order valence-electron chi connectivity index (χ1n) is 10.6. The number of hydrogen-bond acceptors (Lipinski definition) is 4. The molecule has 2 aromatic heterocycles. The molecule has 166 valence electrons. The topological polar surface area (TPSA) is 81.1 Å². The van der Waals surface area contributed by atoms with Gasteiger partial charge in [-0.3, -0.25) is 14.4 Å². The summed E-state index contributed by atoms with van der Waals surface area (Å²) < 4.78 is 14.8. The maximum absolute atomic E-state index is 13.3. The van der Waals surface area contributed by atoms with Gasteiger partial charge in [0.15, 0.2) is 5.78 Å². The molecule has 0 aliphatic heterocycles. The minimum Gasteiger partial charge on any atom is -0.324 e. The number of rotatable bonds is 6. The van der Waals surface area contributed by atoms with Gasteiger partial charge in [-0.1, -0.05) is 25.1 Å². The summed E-state index contributed by atoms with van der Waals surface area (Å²) in [4.78, 5) is 43.5. The fourth-order valence-corrected chi connectivity index (χ4v) is 3.69. The van der Waals surface area contributed by atoms with E-state index in [1.165, 1.54) is 22.9 Å². The first-order valence-corrected chi connectivity index (χ1v) is 10.6. The van der Waals surface area contributed by atoms with E-state index in [-0.39, 0.29) is 29.0 Å². The number of carbonyl (C=O) groups is 2. The lowest BCUT2D eigenvalue weighted by molar-refractivity contribution is -0.116. The first-order chi connectivity index (χ1) is 15.9. The molecule has 0 saturated carbocycles. The van der Waals surface area contributed by atoms with Gasteiger partial charge in [-0.25, -0.2) is 9.37 Å². The van der Waals surface area contributed by atoms with Crippen molar-refractivity contribution < 1.29 is 14.0 Å². The van der Waals surface area contributed by atoms with Crippen molar-refractivity contribution in [3.05, 3.63) is 105 Å². The lowest BCUT2D eigenvalue weighted by Crippen LogP contribution is -2.25. The van der Waals surface area contributed by atoms with E-state index < -0.39 is 17.0 Å². The smallest absolute Gasteiger partial charge is 0.244 e. The highest BCUT2D eigenvalue weighted by atomic mass is 19.1. The van der Waals surface area contributed by atoms with Crippen LogP contribution >= 0.6 is 0 Å². The van der Waals surface area contributed by atoms with Gasteiger partial charge in [-0.15, -0.1) is 0 Å². The van der Waals surface area contributed by atoms with Crippen molar-refractivity contribution in [2.75, 3.05) is 5.32 Å². The van der Waals surface area contributed by atoms with Crippen molar-refractivity contribution >= 4 is 28.4 Å². The van der Waals surface area contributed by atoms with E-state index in [2.05, 4.69) is 10.3 Å². The number of aryl methyl sites for hydroxylation is 2. The molecule has 4 rings (SSSR count). The van der Waals surface area contributed by atoms with Crippen LogP contribution in [0.5, 0.6) is 0 Å². The Kier molecular flexibility index (Phi) is 6.13. The summed E-state index contributed by atoms with van der Waals surface area (Å²) in [7, 11) is 0. The molecular formula is C26H22FN3O3. The van der Waals surface area contributed by atoms with Gasteiger partial charge in [-0.2, -0.15) is 0 Å². The number of nitrogens with one attached hydrogen (secondary N) is 1. The number of ketones is 1. The number of aromatic nitrogens is 2. The van der Waals surface area contributed by atoms with Gasteiger partial charge in [0.25, 0.3) is 0 Å². The highest BCUT2D eigenvalue weighted by Crippen LogP contribution is 2.17. The van der Waals surface area contributed by atoms with Crippen LogP contribution in [0.2, 0.25) is 0 Å². The number of hydrogen-bond donors (Lipinski definition) is 1. The molecule has 7 heteroatoms. The highest BCUT2D eigenvalue weighted by Gasteiger charge is 2.19. The van der Waals surface area contributed by atoms with Crippen LogP contribution in [-0.4, -0.2) is 21.2 Å². The average Bonchev–Trinajstić information content (AvgIpc) is 2.81. The molecule has 6 nitrogen and oxygen atoms in total. The van der Waals surface area contributed by atoms with Crippen molar-refractivity contribution in [1.82, 2.24) is 9.55 Å². The Hall–Kier alpha value is -4.13. The number of pyridine rings is 2. The maximum Gasteiger partial charge on any atom is 0.244 e. The Morgan fingerprint density at radius 1 is 1.03 bits per heavy atom. The summed E-state index contributed by atoms with van der Waals surface area (Å²) in [5.74, 6) is -1.34. The average molecular weight is 443 g/mol. The minimum atomic E-state index is -0.548. The van der Waals surface area contributed by atoms with Crippen LogP contribution < -0.4 is 10.7 Å². The number of amides is 1. The molecule has 0 atom stereocenters. The van der Waals surface area contributed by atoms with Gasteiger partial charge < -0.3 is 9.88 Å². The lowest BCUT2D eigenvalue weighted by atomic mass is 10.0. The standard InChI is InChI=1S/C26H22FN3O3/c1-3-17-6-4-5-7-22(17)29-23(31)15-30-14-21(24(32)18-9-11-19(27)12-10-18)25(33)20-13-8-16(2)28-26(20)30/h4-14H,3,15H2,1-2H3,(H,29,31). The summed E-state index contributed by atoms with van der Waals surface area (Å²) in [6.45, 7) is 3.64. The Morgan fingerprint density at radius 3 is 2.48 bits per heavy atom. The van der Waals surface area contributed by atoms with Crippen LogP contribution in [0.4, 0.5) is 10.1 Å². The van der Waals surface area contributed by atoms with Crippen LogP contribution in [0.25, 0.3) is 11.0 Å². The molecule has 33 heavy (non-hydrogen) atoms. The van der Waals surface area contributed by atoms with E-state index in [1.807, 2.05) is 31.2 Å². The first kappa shape index (κ1) is 22.1. The van der Waals surface area contributed by atoms with Crippen LogP contribution in [0.15, 0.2) is 71.7 Å². The van der Waals surface area contributed by atoms with Crippen molar-refractivity contribution in [2.24, 2.45) is 0 Å². The van der Waals surface area contributed by atoms with Crippen molar-refractivity contribution in [1.29, 1.82) is 0 Å². The summed E-state index contributed by atoms with van der Waals surface area (Å²) in [5, 5.41) is 3.13. The molecule has 0 radical (unpaired) electrons. The number of para-hydroxylation sites is 1. The number of halogens is 1. The van der Waals surface area contributed by atoms with E-state index in [4.69, 9.17) is 0 Å². The molecule has 0 aliphatic rings.